The molecule has 18 heavy (non-hydrogen) atoms. The molecule has 1 N–H and O–H groups in total. The van der Waals surface area contributed by atoms with E-state index in [1.54, 1.807) is 24.3 Å². The average Bonchev–Trinajstić information content (AvgIpc) is 2.26. The van der Waals surface area contributed by atoms with Gasteiger partial charge >= 0.3 is 0 Å². The average molecular weight is 336 g/mol. The third-order valence-corrected chi connectivity index (χ3v) is 3.43. The van der Waals surface area contributed by atoms with Crippen molar-refractivity contribution in [3.8, 4) is 0 Å². The van der Waals surface area contributed by atoms with E-state index in [1.807, 2.05) is 0 Å². The number of amides is 1. The van der Waals surface area contributed by atoms with Crippen LogP contribution in [0, 0.1) is 10.1 Å². The van der Waals surface area contributed by atoms with E-state index in [0.717, 1.165) is 0 Å². The molecule has 2 unspecified atom stereocenters. The quantitative estimate of drug-likeness (QED) is 0.398. The molecule has 0 aliphatic carbocycles. The molecule has 1 rings (SSSR count). The maximum absolute atomic E-state index is 11.2. The number of rotatable bonds is 4. The van der Waals surface area contributed by atoms with Gasteiger partial charge in [-0.1, -0.05) is 23.7 Å². The van der Waals surface area contributed by atoms with Crippen molar-refractivity contribution in [3.63, 3.8) is 0 Å². The van der Waals surface area contributed by atoms with E-state index in [-0.39, 0.29) is 5.91 Å². The number of nitrogens with one attached hydrogen (secondary N) is 1. The second-order valence-corrected chi connectivity index (χ2v) is 6.01. The summed E-state index contributed by atoms with van der Waals surface area (Å²) in [6.45, 7) is 2.70. The molecule has 0 aromatic heterocycles. The van der Waals surface area contributed by atoms with Gasteiger partial charge in [-0.05, 0) is 17.7 Å². The lowest BCUT2D eigenvalue weighted by Gasteiger charge is -2.26. The Morgan fingerprint density at radius 2 is 2.00 bits per heavy atom. The molecular formula is C11H12BrClN2O3. The lowest BCUT2D eigenvalue weighted by atomic mass is 10.0. The van der Waals surface area contributed by atoms with Crippen LogP contribution >= 0.6 is 27.5 Å². The monoisotopic (exact) mass is 334 g/mol. The Kier molecular flexibility index (Phi) is 4.70. The zero-order valence-electron chi connectivity index (χ0n) is 9.81. The molecule has 0 aliphatic rings. The molecule has 7 heteroatoms. The zero-order valence-corrected chi connectivity index (χ0v) is 12.2. The molecule has 5 nitrogen and oxygen atoms in total. The first-order valence-electron chi connectivity index (χ1n) is 5.11. The number of nitrogens with zero attached hydrogens (tertiary/aromatic N) is 1. The molecule has 1 amide bonds. The van der Waals surface area contributed by atoms with E-state index >= 15 is 0 Å². The summed E-state index contributed by atoms with van der Waals surface area (Å²) in [7, 11) is 0. The van der Waals surface area contributed by atoms with E-state index in [1.165, 1.54) is 13.8 Å². The van der Waals surface area contributed by atoms with E-state index in [9.17, 15) is 14.9 Å². The number of carbonyl (C=O) groups is 1. The van der Waals surface area contributed by atoms with Crippen molar-refractivity contribution in [1.82, 2.24) is 5.32 Å². The Morgan fingerprint density at radius 1 is 1.50 bits per heavy atom. The number of benzene rings is 1. The van der Waals surface area contributed by atoms with Gasteiger partial charge in [0.25, 0.3) is 4.45 Å². The van der Waals surface area contributed by atoms with Gasteiger partial charge in [-0.25, -0.2) is 0 Å². The molecule has 0 heterocycles. The van der Waals surface area contributed by atoms with Crippen LogP contribution in [-0.2, 0) is 4.79 Å². The van der Waals surface area contributed by atoms with E-state index in [2.05, 4.69) is 21.2 Å². The lowest BCUT2D eigenvalue weighted by Crippen LogP contribution is -2.44. The molecule has 0 saturated heterocycles. The fourth-order valence-corrected chi connectivity index (χ4v) is 1.99. The van der Waals surface area contributed by atoms with Gasteiger partial charge in [0.15, 0.2) is 0 Å². The summed E-state index contributed by atoms with van der Waals surface area (Å²) in [6.07, 6.45) is 0. The van der Waals surface area contributed by atoms with Gasteiger partial charge in [-0.2, -0.15) is 0 Å². The Bertz CT molecular complexity index is 462. The maximum atomic E-state index is 11.2. The molecular weight excluding hydrogens is 323 g/mol. The van der Waals surface area contributed by atoms with Crippen LogP contribution in [-0.4, -0.2) is 15.3 Å². The second-order valence-electron chi connectivity index (χ2n) is 3.97. The van der Waals surface area contributed by atoms with Crippen molar-refractivity contribution in [2.75, 3.05) is 0 Å². The van der Waals surface area contributed by atoms with Crippen LogP contribution < -0.4 is 5.32 Å². The third-order valence-electron chi connectivity index (χ3n) is 2.43. The van der Waals surface area contributed by atoms with Crippen molar-refractivity contribution < 1.29 is 9.72 Å². The van der Waals surface area contributed by atoms with Crippen molar-refractivity contribution in [1.29, 1.82) is 0 Å². The minimum Gasteiger partial charge on any atom is -0.342 e. The van der Waals surface area contributed by atoms with Gasteiger partial charge in [0.05, 0.1) is 0 Å². The highest BCUT2D eigenvalue weighted by Crippen LogP contribution is 2.34. The normalized spacial score (nSPS) is 15.6. The molecule has 0 bridgehead atoms. The summed E-state index contributed by atoms with van der Waals surface area (Å²) in [5.41, 5.74) is 0.602. The largest absolute Gasteiger partial charge is 0.342 e. The Labute approximate surface area is 118 Å². The van der Waals surface area contributed by atoms with Crippen LogP contribution in [0.3, 0.4) is 0 Å². The molecule has 0 saturated carbocycles. The van der Waals surface area contributed by atoms with Gasteiger partial charge in [-0.3, -0.25) is 14.9 Å². The zero-order chi connectivity index (χ0) is 13.9. The first-order valence-corrected chi connectivity index (χ1v) is 6.28. The van der Waals surface area contributed by atoms with Gasteiger partial charge in [0, 0.05) is 39.7 Å². The van der Waals surface area contributed by atoms with Crippen molar-refractivity contribution in [2.45, 2.75) is 24.3 Å². The predicted molar refractivity (Wildman–Crippen MR) is 72.3 cm³/mol. The van der Waals surface area contributed by atoms with Crippen LogP contribution in [0.2, 0.25) is 5.02 Å². The molecule has 98 valence electrons. The molecule has 0 spiro atoms. The molecule has 1 aromatic carbocycles. The molecule has 0 aliphatic heterocycles. The fraction of sp³-hybridized carbons (Fsp3) is 0.364. The minimum atomic E-state index is -1.49. The van der Waals surface area contributed by atoms with Crippen molar-refractivity contribution in [3.05, 3.63) is 45.0 Å². The lowest BCUT2D eigenvalue weighted by molar-refractivity contribution is -0.536. The highest BCUT2D eigenvalue weighted by molar-refractivity contribution is 9.10. The third kappa shape index (κ3) is 3.43. The Morgan fingerprint density at radius 3 is 2.39 bits per heavy atom. The van der Waals surface area contributed by atoms with Crippen LogP contribution in [0.1, 0.15) is 25.5 Å². The summed E-state index contributed by atoms with van der Waals surface area (Å²) in [4.78, 5) is 21.8. The van der Waals surface area contributed by atoms with Crippen LogP contribution in [0.5, 0.6) is 0 Å². The maximum Gasteiger partial charge on any atom is 0.295 e. The Balaban J connectivity index is 3.17. The first-order chi connectivity index (χ1) is 8.25. The van der Waals surface area contributed by atoms with Crippen LogP contribution in [0.25, 0.3) is 0 Å². The Hall–Kier alpha value is -1.14. The smallest absolute Gasteiger partial charge is 0.295 e. The molecule has 0 fully saturated rings. The van der Waals surface area contributed by atoms with Gasteiger partial charge in [0.2, 0.25) is 5.91 Å². The van der Waals surface area contributed by atoms with Crippen LogP contribution in [0.15, 0.2) is 24.3 Å². The number of nitro groups is 1. The van der Waals surface area contributed by atoms with Gasteiger partial charge in [-0.15, -0.1) is 0 Å². The second kappa shape index (κ2) is 5.67. The highest BCUT2D eigenvalue weighted by atomic mass is 79.9. The predicted octanol–water partition coefficient (Wildman–Crippen LogP) is 2.91. The van der Waals surface area contributed by atoms with Gasteiger partial charge < -0.3 is 5.32 Å². The fourth-order valence-electron chi connectivity index (χ4n) is 1.48. The SMILES string of the molecule is CC(=O)NC(c1ccc(Cl)cc1)C(C)(Br)[N+](=O)[O-]. The molecule has 1 aromatic rings. The number of carbonyl (C=O) groups excluding carboxylic acids is 1. The van der Waals surface area contributed by atoms with E-state index in [0.29, 0.717) is 10.6 Å². The van der Waals surface area contributed by atoms with E-state index in [4.69, 9.17) is 11.6 Å². The molecule has 0 radical (unpaired) electrons. The van der Waals surface area contributed by atoms with E-state index < -0.39 is 15.4 Å². The summed E-state index contributed by atoms with van der Waals surface area (Å²) in [5.74, 6) is -0.345. The highest BCUT2D eigenvalue weighted by Gasteiger charge is 2.44. The number of hydrogen-bond acceptors (Lipinski definition) is 3. The standard InChI is InChI=1S/C11H12BrClN2O3/c1-7(16)14-10(11(2,12)15(17)18)8-3-5-9(13)6-4-8/h3-6,10H,1-2H3,(H,14,16). The summed E-state index contributed by atoms with van der Waals surface area (Å²) in [6, 6.07) is 5.74. The van der Waals surface area contributed by atoms with Gasteiger partial charge in [0.1, 0.15) is 6.04 Å². The summed E-state index contributed by atoms with van der Waals surface area (Å²) >= 11 is 8.82. The minimum absolute atomic E-state index is 0.345. The summed E-state index contributed by atoms with van der Waals surface area (Å²) in [5, 5.41) is 14.2. The topological polar surface area (TPSA) is 72.2 Å². The summed E-state index contributed by atoms with van der Waals surface area (Å²) < 4.78 is -1.49. The first kappa shape index (κ1) is 14.9. The molecule has 2 atom stereocenters. The number of alkyl halides is 1. The number of hydrogen-bond donors (Lipinski definition) is 1. The number of halogens is 2. The van der Waals surface area contributed by atoms with Crippen LogP contribution in [0.4, 0.5) is 0 Å². The van der Waals surface area contributed by atoms with Crippen molar-refractivity contribution >= 4 is 33.4 Å². The van der Waals surface area contributed by atoms with Crippen molar-refractivity contribution in [2.24, 2.45) is 0 Å².